The van der Waals surface area contributed by atoms with Gasteiger partial charge in [-0.2, -0.15) is 0 Å². The van der Waals surface area contributed by atoms with Crippen molar-refractivity contribution < 1.29 is 4.74 Å². The molecule has 2 aromatic rings. The summed E-state index contributed by atoms with van der Waals surface area (Å²) in [6.07, 6.45) is 1.59. The monoisotopic (exact) mass is 218 g/mol. The predicted octanol–water partition coefficient (Wildman–Crippen LogP) is 2.81. The molecule has 15 heavy (non-hydrogen) atoms. The van der Waals surface area contributed by atoms with Gasteiger partial charge in [0.05, 0.1) is 13.4 Å². The molecule has 0 radical (unpaired) electrons. The smallest absolute Gasteiger partial charge is 0.130 e. The first-order chi connectivity index (χ1) is 7.29. The maximum Gasteiger partial charge on any atom is 0.130 e. The highest BCUT2D eigenvalue weighted by atomic mass is 32.1. The van der Waals surface area contributed by atoms with Gasteiger partial charge in [0.15, 0.2) is 0 Å². The number of nitrogens with zero attached hydrogens (tertiary/aromatic N) is 1. The number of nitrogens with one attached hydrogen (secondary N) is 1. The Morgan fingerprint density at radius 2 is 2.20 bits per heavy atom. The van der Waals surface area contributed by atoms with Gasteiger partial charge >= 0.3 is 0 Å². The Kier molecular flexibility index (Phi) is 2.78. The van der Waals surface area contributed by atoms with E-state index in [0.29, 0.717) is 4.64 Å². The fourth-order valence-corrected chi connectivity index (χ4v) is 1.50. The zero-order valence-corrected chi connectivity index (χ0v) is 9.04. The maximum atomic E-state index is 5.15. The van der Waals surface area contributed by atoms with Crippen LogP contribution in [0.1, 0.15) is 0 Å². The van der Waals surface area contributed by atoms with Crippen molar-refractivity contribution in [2.24, 2.45) is 0 Å². The van der Waals surface area contributed by atoms with Gasteiger partial charge in [-0.15, -0.1) is 0 Å². The molecule has 4 heteroatoms. The number of rotatable bonds is 2. The van der Waals surface area contributed by atoms with E-state index >= 15 is 0 Å². The van der Waals surface area contributed by atoms with Crippen LogP contribution in [0.15, 0.2) is 36.7 Å². The average molecular weight is 218 g/mol. The normalized spacial score (nSPS) is 9.93. The molecule has 3 nitrogen and oxygen atoms in total. The molecule has 0 saturated carbocycles. The number of methoxy groups -OCH3 is 1. The van der Waals surface area contributed by atoms with Gasteiger partial charge in [-0.3, -0.25) is 0 Å². The highest BCUT2D eigenvalue weighted by molar-refractivity contribution is 7.71. The fraction of sp³-hybridized carbons (Fsp3) is 0.0909. The summed E-state index contributed by atoms with van der Waals surface area (Å²) in [5.74, 6) is 0.823. The number of H-pyrrole nitrogens is 1. The van der Waals surface area contributed by atoms with Crippen LogP contribution in [-0.4, -0.2) is 17.1 Å². The van der Waals surface area contributed by atoms with Crippen LogP contribution in [-0.2, 0) is 0 Å². The third-order valence-electron chi connectivity index (χ3n) is 2.06. The largest absolute Gasteiger partial charge is 0.497 e. The summed E-state index contributed by atoms with van der Waals surface area (Å²) in [6, 6.07) is 9.60. The van der Waals surface area contributed by atoms with Gasteiger partial charge in [0, 0.05) is 11.3 Å². The zero-order chi connectivity index (χ0) is 10.7. The quantitative estimate of drug-likeness (QED) is 0.788. The SMILES string of the molecule is COc1cccc(-c2cc(=S)nc[nH]2)c1. The lowest BCUT2D eigenvalue weighted by Crippen LogP contribution is -1.87. The van der Waals surface area contributed by atoms with Crippen LogP contribution in [0.2, 0.25) is 0 Å². The molecule has 0 fully saturated rings. The van der Waals surface area contributed by atoms with Gasteiger partial charge < -0.3 is 9.72 Å². The van der Waals surface area contributed by atoms with E-state index < -0.39 is 0 Å². The minimum Gasteiger partial charge on any atom is -0.497 e. The predicted molar refractivity (Wildman–Crippen MR) is 61.4 cm³/mol. The van der Waals surface area contributed by atoms with E-state index in [2.05, 4.69) is 9.97 Å². The van der Waals surface area contributed by atoms with Gasteiger partial charge in [0.1, 0.15) is 10.4 Å². The lowest BCUT2D eigenvalue weighted by Gasteiger charge is -2.03. The minimum absolute atomic E-state index is 0.576. The van der Waals surface area contributed by atoms with Crippen LogP contribution in [0.3, 0.4) is 0 Å². The van der Waals surface area contributed by atoms with E-state index in [4.69, 9.17) is 17.0 Å². The third-order valence-corrected chi connectivity index (χ3v) is 2.28. The molecule has 0 bridgehead atoms. The van der Waals surface area contributed by atoms with Gasteiger partial charge in [-0.05, 0) is 18.2 Å². The number of benzene rings is 1. The zero-order valence-electron chi connectivity index (χ0n) is 8.23. The standard InChI is InChI=1S/C11H10N2OS/c1-14-9-4-2-3-8(5-9)10-6-11(15)13-7-12-10/h2-7H,1H3,(H,12,13,15). The summed E-state index contributed by atoms with van der Waals surface area (Å²) in [6.45, 7) is 0. The Morgan fingerprint density at radius 3 is 2.93 bits per heavy atom. The first-order valence-corrected chi connectivity index (χ1v) is 4.89. The number of ether oxygens (including phenoxy) is 1. The van der Waals surface area contributed by atoms with Crippen LogP contribution in [0.5, 0.6) is 5.75 Å². The lowest BCUT2D eigenvalue weighted by atomic mass is 10.1. The van der Waals surface area contributed by atoms with Crippen molar-refractivity contribution in [3.05, 3.63) is 41.3 Å². The molecule has 1 heterocycles. The summed E-state index contributed by atoms with van der Waals surface area (Å²) >= 11 is 5.00. The molecule has 76 valence electrons. The Balaban J connectivity index is 2.49. The van der Waals surface area contributed by atoms with Crippen LogP contribution < -0.4 is 4.74 Å². The van der Waals surface area contributed by atoms with E-state index in [1.54, 1.807) is 13.4 Å². The molecule has 1 aromatic carbocycles. The topological polar surface area (TPSA) is 37.9 Å². The van der Waals surface area contributed by atoms with Crippen LogP contribution in [0, 0.1) is 4.64 Å². The summed E-state index contributed by atoms with van der Waals surface area (Å²) in [5.41, 5.74) is 1.97. The maximum absolute atomic E-state index is 5.15. The summed E-state index contributed by atoms with van der Waals surface area (Å²) in [4.78, 5) is 6.98. The lowest BCUT2D eigenvalue weighted by molar-refractivity contribution is 0.415. The Hall–Kier alpha value is -1.68. The van der Waals surface area contributed by atoms with E-state index in [1.807, 2.05) is 30.3 Å². The van der Waals surface area contributed by atoms with E-state index in [1.165, 1.54) is 0 Å². The summed E-state index contributed by atoms with van der Waals surface area (Å²) < 4.78 is 5.73. The molecule has 2 rings (SSSR count). The van der Waals surface area contributed by atoms with Gasteiger partial charge in [-0.1, -0.05) is 24.4 Å². The van der Waals surface area contributed by atoms with Crippen molar-refractivity contribution in [2.75, 3.05) is 7.11 Å². The highest BCUT2D eigenvalue weighted by Gasteiger charge is 1.99. The number of aromatic nitrogens is 2. The molecule has 0 aliphatic carbocycles. The molecule has 0 saturated heterocycles. The third kappa shape index (κ3) is 2.22. The van der Waals surface area contributed by atoms with Gasteiger partial charge in [-0.25, -0.2) is 4.98 Å². The second-order valence-corrected chi connectivity index (χ2v) is 3.45. The van der Waals surface area contributed by atoms with Crippen molar-refractivity contribution in [1.82, 2.24) is 9.97 Å². The number of hydrogen-bond donors (Lipinski definition) is 1. The Morgan fingerprint density at radius 1 is 1.33 bits per heavy atom. The molecule has 0 aliphatic heterocycles. The first kappa shape index (κ1) is 9.86. The molecule has 1 aromatic heterocycles. The van der Waals surface area contributed by atoms with Crippen LogP contribution in [0.4, 0.5) is 0 Å². The molecule has 0 unspecified atom stereocenters. The highest BCUT2D eigenvalue weighted by Crippen LogP contribution is 2.21. The van der Waals surface area contributed by atoms with Crippen LogP contribution in [0.25, 0.3) is 11.3 Å². The second kappa shape index (κ2) is 4.23. The fourth-order valence-electron chi connectivity index (χ4n) is 1.33. The van der Waals surface area contributed by atoms with Gasteiger partial charge in [0.2, 0.25) is 0 Å². The van der Waals surface area contributed by atoms with Crippen molar-refractivity contribution in [3.63, 3.8) is 0 Å². The average Bonchev–Trinajstić information content (AvgIpc) is 2.29. The molecule has 0 spiro atoms. The summed E-state index contributed by atoms with van der Waals surface area (Å²) in [5, 5.41) is 0. The Bertz CT molecular complexity index is 522. The van der Waals surface area contributed by atoms with E-state index in [9.17, 15) is 0 Å². The first-order valence-electron chi connectivity index (χ1n) is 4.49. The molecular weight excluding hydrogens is 208 g/mol. The molecule has 0 atom stereocenters. The molecule has 0 aliphatic rings. The molecular formula is C11H10N2OS. The van der Waals surface area contributed by atoms with Crippen molar-refractivity contribution in [1.29, 1.82) is 0 Å². The van der Waals surface area contributed by atoms with E-state index in [0.717, 1.165) is 17.0 Å². The molecule has 0 amide bonds. The van der Waals surface area contributed by atoms with Crippen molar-refractivity contribution in [3.8, 4) is 17.0 Å². The van der Waals surface area contributed by atoms with Crippen molar-refractivity contribution in [2.45, 2.75) is 0 Å². The summed E-state index contributed by atoms with van der Waals surface area (Å²) in [7, 11) is 1.65. The number of hydrogen-bond acceptors (Lipinski definition) is 3. The van der Waals surface area contributed by atoms with Gasteiger partial charge in [0.25, 0.3) is 0 Å². The second-order valence-electron chi connectivity index (χ2n) is 3.03. The van der Waals surface area contributed by atoms with E-state index in [-0.39, 0.29) is 0 Å². The van der Waals surface area contributed by atoms with Crippen LogP contribution >= 0.6 is 12.2 Å². The minimum atomic E-state index is 0.576. The number of aromatic amines is 1. The Labute approximate surface area is 92.8 Å². The molecule has 1 N–H and O–H groups in total. The van der Waals surface area contributed by atoms with Crippen molar-refractivity contribution >= 4 is 12.2 Å².